The van der Waals surface area contributed by atoms with Crippen LogP contribution in [0.25, 0.3) is 77.8 Å². The molecule has 0 bridgehead atoms. The van der Waals surface area contributed by atoms with Gasteiger partial charge < -0.3 is 28.4 Å². The normalized spacial score (nSPS) is 11.4. The predicted molar refractivity (Wildman–Crippen MR) is 266 cm³/mol. The second-order valence-corrected chi connectivity index (χ2v) is 16.4. The quantitative estimate of drug-likeness (QED) is 0.117. The SMILES string of the molecule is COc1cc(-c2cnc(-c3cc(OC)c(OC)c(Oc4ccc5c6ccccc6n(-c6cc(C)ccn6)c5c4)c3)cn2)cc(Oc2ccc3c4ccccc4n(-c4cc(C)ccn4)c3c2)c1OC. The molecule has 334 valence electrons. The molecule has 0 unspecified atom stereocenters. The minimum Gasteiger partial charge on any atom is -0.493 e. The fourth-order valence-corrected chi connectivity index (χ4v) is 8.99. The molecule has 0 spiro atoms. The van der Waals surface area contributed by atoms with Crippen LogP contribution >= 0.6 is 0 Å². The van der Waals surface area contributed by atoms with Crippen LogP contribution in [0.15, 0.2) is 158 Å². The molecule has 0 amide bonds. The number of hydrogen-bond acceptors (Lipinski definition) is 10. The fraction of sp³-hybridized carbons (Fsp3) is 0.107. The molecule has 11 rings (SSSR count). The second kappa shape index (κ2) is 17.1. The fourth-order valence-electron chi connectivity index (χ4n) is 8.99. The molecule has 0 aliphatic rings. The summed E-state index contributed by atoms with van der Waals surface area (Å²) in [6, 6.07) is 44.3. The summed E-state index contributed by atoms with van der Waals surface area (Å²) in [5, 5.41) is 4.39. The Bertz CT molecular complexity index is 3490. The van der Waals surface area contributed by atoms with Crippen LogP contribution < -0.4 is 28.4 Å². The Hall–Kier alpha value is -8.90. The summed E-state index contributed by atoms with van der Waals surface area (Å²) in [6.45, 7) is 4.13. The predicted octanol–water partition coefficient (Wildman–Crippen LogP) is 13.0. The van der Waals surface area contributed by atoms with Gasteiger partial charge in [-0.25, -0.2) is 9.97 Å². The first kappa shape index (κ1) is 41.8. The monoisotopic (exact) mass is 896 g/mol. The first-order valence-electron chi connectivity index (χ1n) is 22.0. The molecule has 0 atom stereocenters. The van der Waals surface area contributed by atoms with Gasteiger partial charge in [0.05, 0.1) is 74.3 Å². The number of fused-ring (bicyclic) bond motifs is 6. The molecule has 0 N–H and O–H groups in total. The topological polar surface area (TPSA) is 117 Å². The van der Waals surface area contributed by atoms with Crippen molar-refractivity contribution in [1.29, 1.82) is 0 Å². The third kappa shape index (κ3) is 7.28. The smallest absolute Gasteiger partial charge is 0.203 e. The van der Waals surface area contributed by atoms with E-state index in [0.717, 1.165) is 66.4 Å². The molecule has 0 saturated heterocycles. The number of aromatic nitrogens is 6. The first-order chi connectivity index (χ1) is 33.3. The van der Waals surface area contributed by atoms with Gasteiger partial charge in [-0.15, -0.1) is 0 Å². The largest absolute Gasteiger partial charge is 0.493 e. The van der Waals surface area contributed by atoms with Gasteiger partial charge in [0.15, 0.2) is 23.0 Å². The maximum Gasteiger partial charge on any atom is 0.203 e. The van der Waals surface area contributed by atoms with Crippen LogP contribution in [-0.4, -0.2) is 57.5 Å². The Morgan fingerprint density at radius 2 is 0.794 bits per heavy atom. The maximum atomic E-state index is 6.67. The molecule has 12 heteroatoms. The van der Waals surface area contributed by atoms with E-state index in [1.807, 2.05) is 97.3 Å². The van der Waals surface area contributed by atoms with Crippen LogP contribution in [-0.2, 0) is 0 Å². The Morgan fingerprint density at radius 3 is 1.19 bits per heavy atom. The molecule has 6 aromatic carbocycles. The summed E-state index contributed by atoms with van der Waals surface area (Å²) >= 11 is 0. The van der Waals surface area contributed by atoms with Gasteiger partial charge in [0.1, 0.15) is 23.1 Å². The molecular formula is C56H44N6O6. The molecule has 0 fully saturated rings. The van der Waals surface area contributed by atoms with Gasteiger partial charge >= 0.3 is 0 Å². The van der Waals surface area contributed by atoms with Crippen molar-refractivity contribution in [2.75, 3.05) is 28.4 Å². The Morgan fingerprint density at radius 1 is 0.382 bits per heavy atom. The minimum absolute atomic E-state index is 0.437. The number of hydrogen-bond donors (Lipinski definition) is 0. The van der Waals surface area contributed by atoms with Crippen LogP contribution in [0, 0.1) is 13.8 Å². The molecule has 12 nitrogen and oxygen atoms in total. The molecule has 0 aliphatic heterocycles. The van der Waals surface area contributed by atoms with Crippen molar-refractivity contribution in [3.63, 3.8) is 0 Å². The zero-order valence-electron chi connectivity index (χ0n) is 38.1. The van der Waals surface area contributed by atoms with Crippen LogP contribution in [0.3, 0.4) is 0 Å². The summed E-state index contributed by atoms with van der Waals surface area (Å²) < 4.78 is 41.1. The maximum absolute atomic E-state index is 6.67. The van der Waals surface area contributed by atoms with Crippen LogP contribution in [0.1, 0.15) is 11.1 Å². The van der Waals surface area contributed by atoms with Gasteiger partial charge in [0.25, 0.3) is 0 Å². The molecule has 0 aliphatic carbocycles. The number of aryl methyl sites for hydroxylation is 2. The molecular weight excluding hydrogens is 853 g/mol. The standard InChI is InChI=1S/C56H44N6O6/c1-33-19-21-57-53(23-33)61-45-13-9-7-11-39(45)41-17-15-37(29-47(41)61)67-51-27-35(25-49(63-3)55(51)65-5)43-31-60-44(32-59-43)36-26-50(64-4)56(66-6)52(28-36)68-38-16-18-42-40-12-8-10-14-46(40)62(48(42)30-38)54-24-34(2)20-22-58-54/h7-32H,1-6H3. The van der Waals surface area contributed by atoms with Crippen molar-refractivity contribution in [3.05, 3.63) is 169 Å². The van der Waals surface area contributed by atoms with Crippen molar-refractivity contribution in [2.24, 2.45) is 0 Å². The number of ether oxygens (including phenoxy) is 6. The Kier molecular flexibility index (Phi) is 10.5. The molecule has 0 radical (unpaired) electrons. The Labute approximate surface area is 391 Å². The number of methoxy groups -OCH3 is 4. The van der Waals surface area contributed by atoms with Crippen LogP contribution in [0.4, 0.5) is 0 Å². The van der Waals surface area contributed by atoms with E-state index in [1.54, 1.807) is 40.8 Å². The molecule has 68 heavy (non-hydrogen) atoms. The van der Waals surface area contributed by atoms with Gasteiger partial charge in [-0.05, 0) is 110 Å². The number of para-hydroxylation sites is 2. The van der Waals surface area contributed by atoms with Gasteiger partial charge in [0, 0.05) is 57.2 Å². The van der Waals surface area contributed by atoms with Crippen molar-refractivity contribution in [2.45, 2.75) is 13.8 Å². The number of nitrogens with zero attached hydrogens (tertiary/aromatic N) is 6. The van der Waals surface area contributed by atoms with E-state index in [-0.39, 0.29) is 0 Å². The molecule has 5 aromatic heterocycles. The first-order valence-corrected chi connectivity index (χ1v) is 22.0. The van der Waals surface area contributed by atoms with Gasteiger partial charge in [-0.2, -0.15) is 0 Å². The van der Waals surface area contributed by atoms with E-state index in [9.17, 15) is 0 Å². The highest BCUT2D eigenvalue weighted by molar-refractivity contribution is 6.10. The third-order valence-corrected chi connectivity index (χ3v) is 12.1. The van der Waals surface area contributed by atoms with E-state index in [1.165, 1.54) is 0 Å². The van der Waals surface area contributed by atoms with Crippen molar-refractivity contribution in [1.82, 2.24) is 29.1 Å². The average Bonchev–Trinajstić information content (AvgIpc) is 3.88. The van der Waals surface area contributed by atoms with Crippen molar-refractivity contribution in [3.8, 4) is 80.1 Å². The molecule has 0 saturated carbocycles. The van der Waals surface area contributed by atoms with Gasteiger partial charge in [0.2, 0.25) is 11.5 Å². The minimum atomic E-state index is 0.437. The highest BCUT2D eigenvalue weighted by Crippen LogP contribution is 2.46. The summed E-state index contributed by atoms with van der Waals surface area (Å²) in [5.74, 6) is 5.55. The van der Waals surface area contributed by atoms with Crippen LogP contribution in [0.2, 0.25) is 0 Å². The van der Waals surface area contributed by atoms with E-state index >= 15 is 0 Å². The summed E-state index contributed by atoms with van der Waals surface area (Å²) in [5.41, 5.74) is 8.82. The van der Waals surface area contributed by atoms with E-state index in [2.05, 4.69) is 71.5 Å². The highest BCUT2D eigenvalue weighted by atomic mass is 16.5. The van der Waals surface area contributed by atoms with Crippen LogP contribution in [0.5, 0.6) is 46.0 Å². The average molecular weight is 897 g/mol. The van der Waals surface area contributed by atoms with E-state index in [0.29, 0.717) is 68.5 Å². The third-order valence-electron chi connectivity index (χ3n) is 12.1. The lowest BCUT2D eigenvalue weighted by molar-refractivity contribution is 0.336. The van der Waals surface area contributed by atoms with Gasteiger partial charge in [-0.3, -0.25) is 19.1 Å². The summed E-state index contributed by atoms with van der Waals surface area (Å²) in [7, 11) is 6.36. The number of benzene rings is 6. The molecule has 11 aromatic rings. The van der Waals surface area contributed by atoms with Crippen molar-refractivity contribution < 1.29 is 28.4 Å². The van der Waals surface area contributed by atoms with E-state index < -0.39 is 0 Å². The van der Waals surface area contributed by atoms with Gasteiger partial charge in [-0.1, -0.05) is 36.4 Å². The highest BCUT2D eigenvalue weighted by Gasteiger charge is 2.22. The lowest BCUT2D eigenvalue weighted by Crippen LogP contribution is -1.99. The van der Waals surface area contributed by atoms with Crippen molar-refractivity contribution >= 4 is 43.6 Å². The van der Waals surface area contributed by atoms with E-state index in [4.69, 9.17) is 48.4 Å². The lowest BCUT2D eigenvalue weighted by Gasteiger charge is -2.17. The summed E-state index contributed by atoms with van der Waals surface area (Å²) in [6.07, 6.45) is 7.08. The number of pyridine rings is 2. The Balaban J connectivity index is 0.933. The lowest BCUT2D eigenvalue weighted by atomic mass is 10.1. The second-order valence-electron chi connectivity index (χ2n) is 16.4. The zero-order chi connectivity index (χ0) is 46.5. The molecule has 5 heterocycles. The summed E-state index contributed by atoms with van der Waals surface area (Å²) in [4.78, 5) is 19.2. The zero-order valence-corrected chi connectivity index (χ0v) is 38.1. The number of rotatable bonds is 12.